The van der Waals surface area contributed by atoms with Gasteiger partial charge in [0.1, 0.15) is 12.4 Å². The van der Waals surface area contributed by atoms with Crippen molar-refractivity contribution in [2.75, 3.05) is 19.8 Å². The Bertz CT molecular complexity index is 1160. The second-order valence-electron chi connectivity index (χ2n) is 9.24. The molecule has 0 radical (unpaired) electrons. The van der Waals surface area contributed by atoms with Crippen molar-refractivity contribution in [1.82, 2.24) is 0 Å². The molecule has 4 nitrogen and oxygen atoms in total. The lowest BCUT2D eigenvalue weighted by atomic mass is 9.94. The normalized spacial score (nSPS) is 10.8. The van der Waals surface area contributed by atoms with Crippen molar-refractivity contribution in [3.05, 3.63) is 89.5 Å². The predicted molar refractivity (Wildman–Crippen MR) is 147 cm³/mol. The van der Waals surface area contributed by atoms with Gasteiger partial charge in [-0.05, 0) is 77.8 Å². The molecule has 1 N–H and O–H groups in total. The summed E-state index contributed by atoms with van der Waals surface area (Å²) in [5, 5.41) is 9.17. The summed E-state index contributed by atoms with van der Waals surface area (Å²) < 4.78 is 11.0. The van der Waals surface area contributed by atoms with Crippen LogP contribution < -0.4 is 4.74 Å². The van der Waals surface area contributed by atoms with Crippen LogP contribution in [0.2, 0.25) is 0 Å². The number of aliphatic hydroxyl groups excluding tert-OH is 1. The van der Waals surface area contributed by atoms with Crippen LogP contribution in [0.5, 0.6) is 5.75 Å². The standard InChI is InChI=1S/C32H38O4/c1-5-6-7-8-25-9-11-26(12-10-25)30-15-13-27(21-24(30)4)28-14-16-31(35-20-18-33)29(22-28)17-19-36-32(34)23(2)3/h9-16,21-22,33H,2,5-8,17-20H2,1,3-4H3. The SMILES string of the molecule is C=C(C)C(=O)OCCc1cc(-c2ccc(-c3ccc(CCCCC)cc3)c(C)c2)ccc1OCCO. The van der Waals surface area contributed by atoms with Crippen LogP contribution in [-0.2, 0) is 22.4 Å². The molecule has 0 saturated carbocycles. The quantitative estimate of drug-likeness (QED) is 0.159. The number of unbranched alkanes of at least 4 members (excludes halogenated alkanes) is 2. The molecule has 190 valence electrons. The van der Waals surface area contributed by atoms with E-state index in [9.17, 15) is 9.90 Å². The Hall–Kier alpha value is -3.37. The maximum absolute atomic E-state index is 11.8. The molecule has 0 aliphatic rings. The summed E-state index contributed by atoms with van der Waals surface area (Å²) in [7, 11) is 0. The fourth-order valence-corrected chi connectivity index (χ4v) is 4.22. The number of aliphatic hydroxyl groups is 1. The van der Waals surface area contributed by atoms with Gasteiger partial charge in [-0.2, -0.15) is 0 Å². The van der Waals surface area contributed by atoms with Gasteiger partial charge < -0.3 is 14.6 Å². The molecule has 0 unspecified atom stereocenters. The van der Waals surface area contributed by atoms with Crippen LogP contribution in [0.15, 0.2) is 72.8 Å². The average Bonchev–Trinajstić information content (AvgIpc) is 2.88. The number of hydrogen-bond donors (Lipinski definition) is 1. The lowest BCUT2D eigenvalue weighted by Gasteiger charge is -2.14. The number of ether oxygens (including phenoxy) is 2. The van der Waals surface area contributed by atoms with E-state index in [1.807, 2.05) is 12.1 Å². The molecule has 0 aliphatic carbocycles. The molecule has 0 amide bonds. The van der Waals surface area contributed by atoms with E-state index in [2.05, 4.69) is 69.0 Å². The first-order valence-electron chi connectivity index (χ1n) is 12.8. The third kappa shape index (κ3) is 7.56. The molecule has 3 aromatic carbocycles. The van der Waals surface area contributed by atoms with E-state index in [-0.39, 0.29) is 19.8 Å². The molecular weight excluding hydrogens is 448 g/mol. The number of aryl methyl sites for hydroxylation is 2. The van der Waals surface area contributed by atoms with E-state index in [1.54, 1.807) is 6.92 Å². The highest BCUT2D eigenvalue weighted by molar-refractivity contribution is 5.86. The number of rotatable bonds is 13. The van der Waals surface area contributed by atoms with E-state index in [0.29, 0.717) is 17.7 Å². The number of hydrogen-bond acceptors (Lipinski definition) is 4. The number of carbonyl (C=O) groups excluding carboxylic acids is 1. The zero-order chi connectivity index (χ0) is 25.9. The fourth-order valence-electron chi connectivity index (χ4n) is 4.22. The third-order valence-electron chi connectivity index (χ3n) is 6.26. The van der Waals surface area contributed by atoms with Crippen LogP contribution in [-0.4, -0.2) is 30.9 Å². The minimum absolute atomic E-state index is 0.0633. The average molecular weight is 487 g/mol. The molecule has 0 aromatic heterocycles. The fraction of sp³-hybridized carbons (Fsp3) is 0.344. The van der Waals surface area contributed by atoms with Crippen molar-refractivity contribution >= 4 is 5.97 Å². The first-order chi connectivity index (χ1) is 17.4. The summed E-state index contributed by atoms with van der Waals surface area (Å²) in [6.45, 7) is 10.0. The van der Waals surface area contributed by atoms with Gasteiger partial charge in [0.15, 0.2) is 0 Å². The van der Waals surface area contributed by atoms with E-state index >= 15 is 0 Å². The summed E-state index contributed by atoms with van der Waals surface area (Å²) >= 11 is 0. The maximum atomic E-state index is 11.8. The summed E-state index contributed by atoms with van der Waals surface area (Å²) in [5.74, 6) is 0.288. The monoisotopic (exact) mass is 486 g/mol. The lowest BCUT2D eigenvalue weighted by molar-refractivity contribution is -0.138. The first-order valence-corrected chi connectivity index (χ1v) is 12.8. The highest BCUT2D eigenvalue weighted by Gasteiger charge is 2.11. The Labute approximate surface area is 215 Å². The molecule has 36 heavy (non-hydrogen) atoms. The van der Waals surface area contributed by atoms with Crippen LogP contribution in [0.4, 0.5) is 0 Å². The van der Waals surface area contributed by atoms with Crippen LogP contribution in [0.1, 0.15) is 49.8 Å². The molecule has 0 atom stereocenters. The summed E-state index contributed by atoms with van der Waals surface area (Å²) in [5.41, 5.74) is 8.54. The van der Waals surface area contributed by atoms with Gasteiger partial charge in [-0.25, -0.2) is 4.79 Å². The van der Waals surface area contributed by atoms with Crippen LogP contribution in [0.3, 0.4) is 0 Å². The van der Waals surface area contributed by atoms with E-state index in [0.717, 1.165) is 23.1 Å². The van der Waals surface area contributed by atoms with Crippen molar-refractivity contribution < 1.29 is 19.4 Å². The van der Waals surface area contributed by atoms with E-state index in [4.69, 9.17) is 9.47 Å². The number of benzene rings is 3. The van der Waals surface area contributed by atoms with Gasteiger partial charge >= 0.3 is 5.97 Å². The molecule has 0 bridgehead atoms. The molecule has 0 spiro atoms. The largest absolute Gasteiger partial charge is 0.491 e. The molecule has 0 heterocycles. The molecule has 0 saturated heterocycles. The van der Waals surface area contributed by atoms with Crippen molar-refractivity contribution in [3.8, 4) is 28.0 Å². The van der Waals surface area contributed by atoms with Crippen LogP contribution in [0, 0.1) is 6.92 Å². The third-order valence-corrected chi connectivity index (χ3v) is 6.26. The molecular formula is C32H38O4. The molecule has 0 fully saturated rings. The first kappa shape index (κ1) is 27.2. The van der Waals surface area contributed by atoms with Gasteiger partial charge in [0, 0.05) is 12.0 Å². The number of carbonyl (C=O) groups is 1. The smallest absolute Gasteiger partial charge is 0.333 e. The molecule has 3 rings (SSSR count). The summed E-state index contributed by atoms with van der Waals surface area (Å²) in [6.07, 6.45) is 5.41. The lowest BCUT2D eigenvalue weighted by Crippen LogP contribution is -2.10. The van der Waals surface area contributed by atoms with Crippen molar-refractivity contribution in [2.24, 2.45) is 0 Å². The van der Waals surface area contributed by atoms with Gasteiger partial charge in [-0.15, -0.1) is 0 Å². The Balaban J connectivity index is 1.79. The zero-order valence-electron chi connectivity index (χ0n) is 21.8. The topological polar surface area (TPSA) is 55.8 Å². The minimum atomic E-state index is -0.399. The molecule has 4 heteroatoms. The van der Waals surface area contributed by atoms with Crippen LogP contribution >= 0.6 is 0 Å². The van der Waals surface area contributed by atoms with Gasteiger partial charge in [0.25, 0.3) is 0 Å². The Morgan fingerprint density at radius 1 is 0.889 bits per heavy atom. The zero-order valence-corrected chi connectivity index (χ0v) is 21.8. The maximum Gasteiger partial charge on any atom is 0.333 e. The van der Waals surface area contributed by atoms with Gasteiger partial charge in [-0.3, -0.25) is 0 Å². The Kier molecular flexibility index (Phi) is 10.3. The van der Waals surface area contributed by atoms with Gasteiger partial charge in [0.05, 0.1) is 13.2 Å². The Morgan fingerprint density at radius 2 is 1.58 bits per heavy atom. The summed E-state index contributed by atoms with van der Waals surface area (Å²) in [4.78, 5) is 11.8. The van der Waals surface area contributed by atoms with Crippen molar-refractivity contribution in [2.45, 2.75) is 52.9 Å². The Morgan fingerprint density at radius 3 is 2.25 bits per heavy atom. The number of esters is 1. The second-order valence-corrected chi connectivity index (χ2v) is 9.24. The molecule has 3 aromatic rings. The van der Waals surface area contributed by atoms with Crippen molar-refractivity contribution in [3.63, 3.8) is 0 Å². The van der Waals surface area contributed by atoms with Crippen LogP contribution in [0.25, 0.3) is 22.3 Å². The molecule has 0 aliphatic heterocycles. The highest BCUT2D eigenvalue weighted by Crippen LogP contribution is 2.32. The van der Waals surface area contributed by atoms with Gasteiger partial charge in [-0.1, -0.05) is 74.9 Å². The van der Waals surface area contributed by atoms with Gasteiger partial charge in [0.2, 0.25) is 0 Å². The minimum Gasteiger partial charge on any atom is -0.491 e. The van der Waals surface area contributed by atoms with E-state index in [1.165, 1.54) is 41.5 Å². The van der Waals surface area contributed by atoms with E-state index < -0.39 is 5.97 Å². The predicted octanol–water partition coefficient (Wildman–Crippen LogP) is 7.09. The summed E-state index contributed by atoms with van der Waals surface area (Å²) in [6, 6.07) is 21.5. The second kappa shape index (κ2) is 13.6. The highest BCUT2D eigenvalue weighted by atomic mass is 16.5. The van der Waals surface area contributed by atoms with Crippen molar-refractivity contribution in [1.29, 1.82) is 0 Å².